The average molecular weight is 451 g/mol. The number of nitrogens with one attached hydrogen (secondary N) is 2. The van der Waals surface area contributed by atoms with Crippen molar-refractivity contribution in [3.8, 4) is 5.75 Å². The first-order chi connectivity index (χ1) is 14.5. The highest BCUT2D eigenvalue weighted by Crippen LogP contribution is 2.24. The van der Waals surface area contributed by atoms with E-state index in [-0.39, 0.29) is 22.0 Å². The lowest BCUT2D eigenvalue weighted by Crippen LogP contribution is -2.43. The van der Waals surface area contributed by atoms with Gasteiger partial charge in [0, 0.05) is 12.5 Å². The maximum absolute atomic E-state index is 12.7. The van der Waals surface area contributed by atoms with Crippen LogP contribution in [-0.2, 0) is 16.0 Å². The molecule has 0 bridgehead atoms. The van der Waals surface area contributed by atoms with Crippen LogP contribution < -0.4 is 15.4 Å². The van der Waals surface area contributed by atoms with Gasteiger partial charge in [-0.1, -0.05) is 41.4 Å². The number of amides is 1. The summed E-state index contributed by atoms with van der Waals surface area (Å²) in [5.74, 6) is -0.335. The maximum atomic E-state index is 12.7. The van der Waals surface area contributed by atoms with Gasteiger partial charge in [-0.3, -0.25) is 4.79 Å². The number of benzene rings is 2. The molecule has 0 aliphatic carbocycles. The van der Waals surface area contributed by atoms with Crippen molar-refractivity contribution in [1.29, 1.82) is 0 Å². The summed E-state index contributed by atoms with van der Waals surface area (Å²) in [6.07, 6.45) is 2.55. The van der Waals surface area contributed by atoms with Crippen LogP contribution in [0.2, 0.25) is 10.0 Å². The van der Waals surface area contributed by atoms with Gasteiger partial charge in [0.1, 0.15) is 18.4 Å². The molecule has 30 heavy (non-hydrogen) atoms. The lowest BCUT2D eigenvalue weighted by molar-refractivity contribution is -0.142. The predicted octanol–water partition coefficient (Wildman–Crippen LogP) is 3.64. The zero-order chi connectivity index (χ0) is 21.5. The van der Waals surface area contributed by atoms with Crippen molar-refractivity contribution in [2.75, 3.05) is 20.3 Å². The SMILES string of the molecule is COC(=O)[C@H](Cc1ccc(OC[C@H]2CCCN2)cc1)NC(=O)c1c(Cl)cccc1Cl. The first-order valence-electron chi connectivity index (χ1n) is 9.75. The summed E-state index contributed by atoms with van der Waals surface area (Å²) in [7, 11) is 1.28. The molecule has 3 rings (SSSR count). The molecule has 160 valence electrons. The Hall–Kier alpha value is -2.28. The molecule has 6 nitrogen and oxygen atoms in total. The Morgan fingerprint density at radius 2 is 1.87 bits per heavy atom. The highest BCUT2D eigenvalue weighted by Gasteiger charge is 2.25. The van der Waals surface area contributed by atoms with Gasteiger partial charge in [0.2, 0.25) is 0 Å². The number of hydrogen-bond acceptors (Lipinski definition) is 5. The predicted molar refractivity (Wildman–Crippen MR) is 116 cm³/mol. The minimum Gasteiger partial charge on any atom is -0.492 e. The van der Waals surface area contributed by atoms with Gasteiger partial charge in [-0.05, 0) is 49.2 Å². The van der Waals surface area contributed by atoms with E-state index in [0.29, 0.717) is 12.6 Å². The van der Waals surface area contributed by atoms with E-state index in [9.17, 15) is 9.59 Å². The molecule has 2 aromatic rings. The maximum Gasteiger partial charge on any atom is 0.328 e. The van der Waals surface area contributed by atoms with Crippen LogP contribution in [-0.4, -0.2) is 44.2 Å². The fourth-order valence-corrected chi connectivity index (χ4v) is 3.90. The number of halogens is 2. The number of hydrogen-bond donors (Lipinski definition) is 2. The molecule has 1 amide bonds. The van der Waals surface area contributed by atoms with E-state index in [1.165, 1.54) is 13.5 Å². The molecule has 2 N–H and O–H groups in total. The van der Waals surface area contributed by atoms with Gasteiger partial charge in [-0.2, -0.15) is 0 Å². The third-order valence-corrected chi connectivity index (χ3v) is 5.59. The summed E-state index contributed by atoms with van der Waals surface area (Å²) in [4.78, 5) is 24.9. The topological polar surface area (TPSA) is 76.7 Å². The van der Waals surface area contributed by atoms with Crippen molar-refractivity contribution in [1.82, 2.24) is 10.6 Å². The van der Waals surface area contributed by atoms with Crippen LogP contribution in [0.4, 0.5) is 0 Å². The highest BCUT2D eigenvalue weighted by atomic mass is 35.5. The number of esters is 1. The zero-order valence-electron chi connectivity index (χ0n) is 16.6. The van der Waals surface area contributed by atoms with Gasteiger partial charge in [-0.15, -0.1) is 0 Å². The Bertz CT molecular complexity index is 863. The minimum absolute atomic E-state index is 0.124. The monoisotopic (exact) mass is 450 g/mol. The molecule has 0 saturated carbocycles. The second kappa shape index (κ2) is 10.7. The Balaban J connectivity index is 1.64. The van der Waals surface area contributed by atoms with Crippen LogP contribution in [0.5, 0.6) is 5.75 Å². The van der Waals surface area contributed by atoms with Crippen molar-refractivity contribution in [2.24, 2.45) is 0 Å². The van der Waals surface area contributed by atoms with Crippen molar-refractivity contribution in [3.63, 3.8) is 0 Å². The normalized spacial score (nSPS) is 16.7. The van der Waals surface area contributed by atoms with Gasteiger partial charge < -0.3 is 20.1 Å². The van der Waals surface area contributed by atoms with E-state index >= 15 is 0 Å². The zero-order valence-corrected chi connectivity index (χ0v) is 18.1. The van der Waals surface area contributed by atoms with E-state index in [2.05, 4.69) is 10.6 Å². The highest BCUT2D eigenvalue weighted by molar-refractivity contribution is 6.39. The van der Waals surface area contributed by atoms with Gasteiger partial charge >= 0.3 is 5.97 Å². The van der Waals surface area contributed by atoms with Crippen LogP contribution in [0.1, 0.15) is 28.8 Å². The molecule has 8 heteroatoms. The molecule has 1 heterocycles. The lowest BCUT2D eigenvalue weighted by atomic mass is 10.0. The molecule has 0 aromatic heterocycles. The average Bonchev–Trinajstić information content (AvgIpc) is 3.25. The molecule has 2 aromatic carbocycles. The molecular weight excluding hydrogens is 427 g/mol. The Labute approximate surface area is 185 Å². The summed E-state index contributed by atoms with van der Waals surface area (Å²) in [6, 6.07) is 11.7. The minimum atomic E-state index is -0.885. The first-order valence-corrected chi connectivity index (χ1v) is 10.5. The molecule has 0 spiro atoms. The van der Waals surface area contributed by atoms with Gasteiger partial charge in [0.05, 0.1) is 22.7 Å². The fourth-order valence-electron chi connectivity index (χ4n) is 3.33. The number of ether oxygens (including phenoxy) is 2. The van der Waals surface area contributed by atoms with E-state index in [0.717, 1.165) is 24.3 Å². The van der Waals surface area contributed by atoms with E-state index in [1.807, 2.05) is 24.3 Å². The van der Waals surface area contributed by atoms with Crippen molar-refractivity contribution < 1.29 is 19.1 Å². The number of carbonyl (C=O) groups is 2. The van der Waals surface area contributed by atoms with Crippen LogP contribution in [0.25, 0.3) is 0 Å². The van der Waals surface area contributed by atoms with Crippen LogP contribution >= 0.6 is 23.2 Å². The summed E-state index contributed by atoms with van der Waals surface area (Å²) < 4.78 is 10.7. The van der Waals surface area contributed by atoms with E-state index < -0.39 is 17.9 Å². The molecule has 0 radical (unpaired) electrons. The van der Waals surface area contributed by atoms with Gasteiger partial charge in [0.15, 0.2) is 0 Å². The molecule has 1 aliphatic rings. The Kier molecular flexibility index (Phi) is 7.96. The number of rotatable bonds is 8. The van der Waals surface area contributed by atoms with Crippen molar-refractivity contribution >= 4 is 35.1 Å². The third kappa shape index (κ3) is 5.88. The van der Waals surface area contributed by atoms with Crippen LogP contribution in [0.15, 0.2) is 42.5 Å². The van der Waals surface area contributed by atoms with Crippen molar-refractivity contribution in [2.45, 2.75) is 31.3 Å². The second-order valence-corrected chi connectivity index (χ2v) is 7.91. The largest absolute Gasteiger partial charge is 0.492 e. The summed E-state index contributed by atoms with van der Waals surface area (Å²) in [5.41, 5.74) is 0.973. The molecule has 0 unspecified atom stereocenters. The number of methoxy groups -OCH3 is 1. The van der Waals surface area contributed by atoms with Crippen LogP contribution in [0, 0.1) is 0 Å². The second-order valence-electron chi connectivity index (χ2n) is 7.10. The molecule has 2 atom stereocenters. The van der Waals surface area contributed by atoms with Gasteiger partial charge in [-0.25, -0.2) is 4.79 Å². The molecular formula is C22H24Cl2N2O4. The lowest BCUT2D eigenvalue weighted by Gasteiger charge is -2.18. The number of carbonyl (C=O) groups excluding carboxylic acids is 2. The van der Waals surface area contributed by atoms with Crippen molar-refractivity contribution in [3.05, 3.63) is 63.6 Å². The third-order valence-electron chi connectivity index (χ3n) is 4.96. The smallest absolute Gasteiger partial charge is 0.328 e. The molecule has 1 saturated heterocycles. The van der Waals surface area contributed by atoms with Gasteiger partial charge in [0.25, 0.3) is 5.91 Å². The quantitative estimate of drug-likeness (QED) is 0.600. The summed E-state index contributed by atoms with van der Waals surface area (Å²) >= 11 is 12.2. The first kappa shape index (κ1) is 22.4. The molecule has 1 fully saturated rings. The van der Waals surface area contributed by atoms with E-state index in [1.54, 1.807) is 18.2 Å². The van der Waals surface area contributed by atoms with E-state index in [4.69, 9.17) is 32.7 Å². The standard InChI is InChI=1S/C22H24Cl2N2O4/c1-29-22(28)19(26-21(27)20-17(23)5-2-6-18(20)24)12-14-7-9-16(10-8-14)30-13-15-4-3-11-25-15/h2,5-10,15,19,25H,3-4,11-13H2,1H3,(H,26,27)/t15-,19+/m1/s1. The summed E-state index contributed by atoms with van der Waals surface area (Å²) in [6.45, 7) is 1.66. The molecule has 1 aliphatic heterocycles. The van der Waals surface area contributed by atoms with Crippen LogP contribution in [0.3, 0.4) is 0 Å². The fraction of sp³-hybridized carbons (Fsp3) is 0.364. The Morgan fingerprint density at radius 3 is 2.47 bits per heavy atom. The summed E-state index contributed by atoms with van der Waals surface area (Å²) in [5, 5.41) is 6.48. The Morgan fingerprint density at radius 1 is 1.17 bits per heavy atom.